The lowest BCUT2D eigenvalue weighted by atomic mass is 10.2. The molecule has 0 bridgehead atoms. The van der Waals surface area contributed by atoms with E-state index < -0.39 is 46.9 Å². The molecule has 0 fully saturated rings. The maximum Gasteiger partial charge on any atom is 0.419 e. The Labute approximate surface area is 161 Å². The molecule has 0 saturated carbocycles. The number of aryl methyl sites for hydroxylation is 1. The van der Waals surface area contributed by atoms with E-state index >= 15 is 0 Å². The Morgan fingerprint density at radius 1 is 1.14 bits per heavy atom. The van der Waals surface area contributed by atoms with Crippen LogP contribution in [0.2, 0.25) is 0 Å². The van der Waals surface area contributed by atoms with Crippen LogP contribution in [0.5, 0.6) is 0 Å². The average Bonchev–Trinajstić information content (AvgIpc) is 3.01. The first kappa shape index (κ1) is 20.2. The fourth-order valence-electron chi connectivity index (χ4n) is 2.60. The number of benzene rings is 2. The Morgan fingerprint density at radius 3 is 2.62 bits per heavy atom. The van der Waals surface area contributed by atoms with Crippen molar-refractivity contribution in [2.45, 2.75) is 26.0 Å². The third kappa shape index (κ3) is 4.31. The molecule has 152 valence electrons. The van der Waals surface area contributed by atoms with Crippen LogP contribution in [0.1, 0.15) is 13.3 Å². The number of para-hydroxylation sites is 2. The highest BCUT2D eigenvalue weighted by Crippen LogP contribution is 2.20. The number of hydrogen-bond acceptors (Lipinski definition) is 5. The lowest BCUT2D eigenvalue weighted by Crippen LogP contribution is -2.31. The van der Waals surface area contributed by atoms with Crippen LogP contribution in [-0.4, -0.2) is 22.5 Å². The molecule has 10 heteroatoms. The molecule has 0 aliphatic rings. The molecular formula is C19H15F3N2O5. The number of hydrogen-bond donors (Lipinski definition) is 1. The van der Waals surface area contributed by atoms with Crippen molar-refractivity contribution in [2.24, 2.45) is 0 Å². The summed E-state index contributed by atoms with van der Waals surface area (Å²) in [6.07, 6.45) is -1.58. The number of amides is 1. The zero-order valence-corrected chi connectivity index (χ0v) is 15.1. The van der Waals surface area contributed by atoms with Crippen molar-refractivity contribution in [2.75, 3.05) is 5.32 Å². The smallest absolute Gasteiger partial charge is 0.419 e. The molecule has 3 rings (SSSR count). The summed E-state index contributed by atoms with van der Waals surface area (Å²) in [4.78, 5) is 35.9. The molecule has 3 aromatic rings. The van der Waals surface area contributed by atoms with E-state index in [0.717, 1.165) is 6.07 Å². The number of ether oxygens (including phenoxy) is 1. The van der Waals surface area contributed by atoms with Gasteiger partial charge in [0.1, 0.15) is 0 Å². The standard InChI is InChI=1S/C19H15F3N2O5/c1-10(18(26)23-12-7-6-11(20)16(21)17(12)22)28-15(25)8-9-24-13-4-2-3-5-14(13)29-19(24)27/h2-7,10H,8-9H2,1H3,(H,23,26)/t10-/m1/s1. The zero-order valence-electron chi connectivity index (χ0n) is 15.1. The van der Waals surface area contributed by atoms with E-state index in [2.05, 4.69) is 0 Å². The third-order valence-electron chi connectivity index (χ3n) is 4.08. The van der Waals surface area contributed by atoms with Gasteiger partial charge in [0, 0.05) is 6.54 Å². The number of nitrogens with zero attached hydrogens (tertiary/aromatic N) is 1. The Kier molecular flexibility index (Phi) is 5.71. The van der Waals surface area contributed by atoms with Gasteiger partial charge in [-0.2, -0.15) is 0 Å². The monoisotopic (exact) mass is 408 g/mol. The van der Waals surface area contributed by atoms with Crippen molar-refractivity contribution in [3.63, 3.8) is 0 Å². The van der Waals surface area contributed by atoms with Crippen molar-refractivity contribution >= 4 is 28.7 Å². The molecule has 2 aromatic carbocycles. The van der Waals surface area contributed by atoms with E-state index in [0.29, 0.717) is 17.2 Å². The minimum atomic E-state index is -1.73. The molecule has 1 heterocycles. The fourth-order valence-corrected chi connectivity index (χ4v) is 2.60. The summed E-state index contributed by atoms with van der Waals surface area (Å²) in [6.45, 7) is 1.19. The minimum absolute atomic E-state index is 0.0409. The molecule has 0 unspecified atom stereocenters. The molecule has 0 spiro atoms. The van der Waals surface area contributed by atoms with Gasteiger partial charge in [-0.05, 0) is 31.2 Å². The van der Waals surface area contributed by atoms with Crippen molar-refractivity contribution < 1.29 is 31.9 Å². The number of anilines is 1. The van der Waals surface area contributed by atoms with Crippen LogP contribution in [0.3, 0.4) is 0 Å². The van der Waals surface area contributed by atoms with E-state index in [9.17, 15) is 27.6 Å². The first-order valence-corrected chi connectivity index (χ1v) is 8.50. The average molecular weight is 408 g/mol. The van der Waals surface area contributed by atoms with Crippen LogP contribution in [0, 0.1) is 17.5 Å². The van der Waals surface area contributed by atoms with Gasteiger partial charge in [0.15, 0.2) is 29.1 Å². The van der Waals surface area contributed by atoms with E-state index in [4.69, 9.17) is 9.15 Å². The number of esters is 1. The van der Waals surface area contributed by atoms with Crippen LogP contribution in [0.4, 0.5) is 18.9 Å². The molecular weight excluding hydrogens is 393 g/mol. The predicted octanol–water partition coefficient (Wildman–Crippen LogP) is 2.97. The van der Waals surface area contributed by atoms with Gasteiger partial charge in [-0.25, -0.2) is 18.0 Å². The number of rotatable bonds is 6. The van der Waals surface area contributed by atoms with Crippen LogP contribution in [0.25, 0.3) is 11.1 Å². The lowest BCUT2D eigenvalue weighted by molar-refractivity contribution is -0.153. The summed E-state index contributed by atoms with van der Waals surface area (Å²) in [5.74, 6) is -7.07. The second-order valence-electron chi connectivity index (χ2n) is 6.08. The highest BCUT2D eigenvalue weighted by molar-refractivity contribution is 5.95. The molecule has 0 aliphatic carbocycles. The largest absolute Gasteiger partial charge is 0.452 e. The van der Waals surface area contributed by atoms with Gasteiger partial charge in [-0.15, -0.1) is 0 Å². The number of fused-ring (bicyclic) bond motifs is 1. The molecule has 29 heavy (non-hydrogen) atoms. The van der Waals surface area contributed by atoms with Gasteiger partial charge in [0.2, 0.25) is 0 Å². The quantitative estimate of drug-likeness (QED) is 0.500. The summed E-state index contributed by atoms with van der Waals surface area (Å²) in [7, 11) is 0. The normalized spacial score (nSPS) is 12.0. The van der Waals surface area contributed by atoms with E-state index in [1.165, 1.54) is 11.5 Å². The number of halogens is 3. The van der Waals surface area contributed by atoms with E-state index in [1.807, 2.05) is 5.32 Å². The molecule has 1 N–H and O–H groups in total. The van der Waals surface area contributed by atoms with Crippen LogP contribution in [-0.2, 0) is 20.9 Å². The number of aromatic nitrogens is 1. The number of oxazole rings is 1. The Bertz CT molecular complexity index is 1140. The number of carbonyl (C=O) groups is 2. The second-order valence-corrected chi connectivity index (χ2v) is 6.08. The minimum Gasteiger partial charge on any atom is -0.452 e. The highest BCUT2D eigenvalue weighted by Gasteiger charge is 2.21. The zero-order chi connectivity index (χ0) is 21.1. The van der Waals surface area contributed by atoms with Crippen LogP contribution in [0.15, 0.2) is 45.6 Å². The van der Waals surface area contributed by atoms with Crippen molar-refractivity contribution in [3.8, 4) is 0 Å². The highest BCUT2D eigenvalue weighted by atomic mass is 19.2. The molecule has 1 atom stereocenters. The van der Waals surface area contributed by atoms with Crippen molar-refractivity contribution in [3.05, 3.63) is 64.4 Å². The summed E-state index contributed by atoms with van der Waals surface area (Å²) in [6, 6.07) is 8.15. The fraction of sp³-hybridized carbons (Fsp3) is 0.211. The second kappa shape index (κ2) is 8.21. The molecule has 1 aromatic heterocycles. The van der Waals surface area contributed by atoms with Gasteiger partial charge in [-0.1, -0.05) is 12.1 Å². The molecule has 7 nitrogen and oxygen atoms in total. The summed E-state index contributed by atoms with van der Waals surface area (Å²) in [5, 5.41) is 2.02. The Hall–Kier alpha value is -3.56. The number of carbonyl (C=O) groups excluding carboxylic acids is 2. The topological polar surface area (TPSA) is 90.5 Å². The maximum atomic E-state index is 13.6. The Morgan fingerprint density at radius 2 is 1.86 bits per heavy atom. The van der Waals surface area contributed by atoms with Gasteiger partial charge < -0.3 is 14.5 Å². The van der Waals surface area contributed by atoms with E-state index in [-0.39, 0.29) is 13.0 Å². The maximum absolute atomic E-state index is 13.6. The van der Waals surface area contributed by atoms with Gasteiger partial charge in [-0.3, -0.25) is 14.2 Å². The third-order valence-corrected chi connectivity index (χ3v) is 4.08. The molecule has 0 saturated heterocycles. The van der Waals surface area contributed by atoms with Gasteiger partial charge in [0.25, 0.3) is 5.91 Å². The summed E-state index contributed by atoms with van der Waals surface area (Å²) in [5.41, 5.74) is 0.283. The van der Waals surface area contributed by atoms with Gasteiger partial charge in [0.05, 0.1) is 17.6 Å². The molecule has 0 radical (unpaired) electrons. The van der Waals surface area contributed by atoms with Gasteiger partial charge >= 0.3 is 11.7 Å². The SMILES string of the molecule is C[C@@H](OC(=O)CCn1c(=O)oc2ccccc21)C(=O)Nc1ccc(F)c(F)c1F. The number of nitrogens with one attached hydrogen (secondary N) is 1. The first-order valence-electron chi connectivity index (χ1n) is 8.50. The lowest BCUT2D eigenvalue weighted by Gasteiger charge is -2.14. The van der Waals surface area contributed by atoms with Crippen molar-refractivity contribution in [1.82, 2.24) is 4.57 Å². The van der Waals surface area contributed by atoms with E-state index in [1.54, 1.807) is 24.3 Å². The summed E-state index contributed by atoms with van der Waals surface area (Å²) < 4.78 is 51.0. The predicted molar refractivity (Wildman–Crippen MR) is 95.6 cm³/mol. The van der Waals surface area contributed by atoms with Crippen LogP contribution < -0.4 is 11.1 Å². The summed E-state index contributed by atoms with van der Waals surface area (Å²) >= 11 is 0. The Balaban J connectivity index is 1.59. The van der Waals surface area contributed by atoms with Crippen molar-refractivity contribution in [1.29, 1.82) is 0 Å². The molecule has 1 amide bonds. The first-order chi connectivity index (χ1) is 13.8. The molecule has 0 aliphatic heterocycles. The van der Waals surface area contributed by atoms with Crippen LogP contribution >= 0.6 is 0 Å².